The van der Waals surface area contributed by atoms with Gasteiger partial charge in [-0.05, 0) is 103 Å². The molecule has 0 saturated heterocycles. The molecule has 1 aliphatic carbocycles. The first-order valence-corrected chi connectivity index (χ1v) is 22.5. The molecule has 0 bridgehead atoms. The predicted octanol–water partition coefficient (Wildman–Crippen LogP) is 8.22. The molecule has 2 aliphatic rings. The van der Waals surface area contributed by atoms with Crippen molar-refractivity contribution in [2.24, 2.45) is 0 Å². The molecule has 352 valence electrons. The predicted molar refractivity (Wildman–Crippen MR) is 266 cm³/mol. The summed E-state index contributed by atoms with van der Waals surface area (Å²) in [5.74, 6) is -0.812. The lowest BCUT2D eigenvalue weighted by Crippen LogP contribution is -3.00. The van der Waals surface area contributed by atoms with E-state index in [1.54, 1.807) is 24.3 Å². The van der Waals surface area contributed by atoms with Crippen LogP contribution in [0.2, 0.25) is 10.0 Å². The number of allylic oxidation sites excluding steroid dienone is 11. The summed E-state index contributed by atoms with van der Waals surface area (Å²) in [5.41, 5.74) is 3.04. The van der Waals surface area contributed by atoms with Gasteiger partial charge in [0.15, 0.2) is 18.1 Å². The SMILES string of the molecule is C=CC(=O)Cl.C=CC(=O)NCCCCCCN1C=CC(=CC=C2C=C(Cl)C=C(Cl)C2=O)C=C1.C=CC(=O)NCCCCCC[n+]1ccc(/C=C/c2cc(Cl)cc(Cl)c2OC(=O)C=C)cc1.[Cl-]. The van der Waals surface area contributed by atoms with Crippen LogP contribution in [0, 0.1) is 0 Å². The molecule has 0 fully saturated rings. The number of aryl methyl sites for hydroxylation is 1. The highest BCUT2D eigenvalue weighted by Crippen LogP contribution is 2.34. The van der Waals surface area contributed by atoms with Gasteiger partial charge in [0.2, 0.25) is 22.8 Å². The molecule has 1 aliphatic heterocycles. The molecule has 0 radical (unpaired) electrons. The summed E-state index contributed by atoms with van der Waals surface area (Å²) in [6.45, 7) is 16.6. The quantitative estimate of drug-likeness (QED) is 0.0304. The minimum Gasteiger partial charge on any atom is -1.00 e. The molecule has 0 atom stereocenters. The van der Waals surface area contributed by atoms with E-state index < -0.39 is 11.2 Å². The zero-order chi connectivity index (χ0) is 48.0. The topological polar surface area (TPSA) is 126 Å². The number of amides is 2. The van der Waals surface area contributed by atoms with E-state index in [0.29, 0.717) is 34.3 Å². The third-order valence-corrected chi connectivity index (χ3v) is 10.2. The second kappa shape index (κ2) is 34.2. The Hall–Kier alpha value is -5.20. The third-order valence-electron chi connectivity index (χ3n) is 9.00. The molecule has 2 N–H and O–H groups in total. The normalized spacial score (nSPS) is 13.1. The van der Waals surface area contributed by atoms with Crippen molar-refractivity contribution >= 4 is 99.0 Å². The molecule has 2 amide bonds. The number of nitrogens with zero attached hydrogens (tertiary/aromatic N) is 2. The summed E-state index contributed by atoms with van der Waals surface area (Å²) >= 11 is 28.8. The number of hydrogen-bond donors (Lipinski definition) is 2. The lowest BCUT2D eigenvalue weighted by Gasteiger charge is -2.18. The van der Waals surface area contributed by atoms with Crippen molar-refractivity contribution in [2.45, 2.75) is 57.9 Å². The van der Waals surface area contributed by atoms with Gasteiger partial charge in [-0.2, -0.15) is 0 Å². The average molecular weight is 1020 g/mol. The summed E-state index contributed by atoms with van der Waals surface area (Å²) in [7, 11) is 0. The molecule has 2 heterocycles. The van der Waals surface area contributed by atoms with Gasteiger partial charge < -0.3 is 32.7 Å². The molecule has 16 heteroatoms. The fourth-order valence-electron chi connectivity index (χ4n) is 5.60. The molecule has 4 rings (SSSR count). The monoisotopic (exact) mass is 1020 g/mol. The molecule has 1 aromatic carbocycles. The number of halogens is 6. The Bertz CT molecular complexity index is 2230. The number of pyridine rings is 1. The maximum absolute atomic E-state index is 12.0. The van der Waals surface area contributed by atoms with Crippen LogP contribution in [0.25, 0.3) is 12.2 Å². The minimum atomic E-state index is -0.592. The molecular formula is C50H54Cl6N4O6. The van der Waals surface area contributed by atoms with Crippen molar-refractivity contribution in [3.05, 3.63) is 179 Å². The van der Waals surface area contributed by atoms with Crippen LogP contribution in [-0.4, -0.2) is 53.3 Å². The number of unbranched alkanes of at least 4 members (excludes halogenated alkanes) is 6. The van der Waals surface area contributed by atoms with Gasteiger partial charge in [0.25, 0.3) is 0 Å². The number of benzene rings is 1. The van der Waals surface area contributed by atoms with Crippen molar-refractivity contribution in [2.75, 3.05) is 19.6 Å². The van der Waals surface area contributed by atoms with Crippen molar-refractivity contribution in [1.82, 2.24) is 15.5 Å². The number of esters is 1. The zero-order valence-corrected chi connectivity index (χ0v) is 41.0. The maximum atomic E-state index is 12.0. The van der Waals surface area contributed by atoms with E-state index in [0.717, 1.165) is 87.7 Å². The fraction of sp³-hybridized carbons (Fsp3) is 0.240. The lowest BCUT2D eigenvalue weighted by atomic mass is 10.0. The average Bonchev–Trinajstić information content (AvgIpc) is 3.30. The Kier molecular flexibility index (Phi) is 30.4. The first kappa shape index (κ1) is 58.8. The Morgan fingerprint density at radius 2 is 1.30 bits per heavy atom. The smallest absolute Gasteiger partial charge is 0.335 e. The fourth-order valence-corrected chi connectivity index (χ4v) is 6.66. The van der Waals surface area contributed by atoms with Crippen molar-refractivity contribution in [1.29, 1.82) is 0 Å². The summed E-state index contributed by atoms with van der Waals surface area (Å²) in [6.07, 6.45) is 35.6. The summed E-state index contributed by atoms with van der Waals surface area (Å²) in [4.78, 5) is 57.3. The zero-order valence-electron chi connectivity index (χ0n) is 36.5. The van der Waals surface area contributed by atoms with Gasteiger partial charge in [-0.1, -0.05) is 116 Å². The molecule has 2 aromatic rings. The highest BCUT2D eigenvalue weighted by Gasteiger charge is 2.16. The van der Waals surface area contributed by atoms with Crippen molar-refractivity contribution in [3.63, 3.8) is 0 Å². The molecule has 66 heavy (non-hydrogen) atoms. The van der Waals surface area contributed by atoms with E-state index in [4.69, 9.17) is 62.7 Å². The van der Waals surface area contributed by atoms with Crippen LogP contribution < -0.4 is 32.3 Å². The lowest BCUT2D eigenvalue weighted by molar-refractivity contribution is -0.697. The van der Waals surface area contributed by atoms with Crippen LogP contribution in [0.4, 0.5) is 0 Å². The molecule has 1 aromatic heterocycles. The van der Waals surface area contributed by atoms with Crippen molar-refractivity contribution in [3.8, 4) is 5.75 Å². The largest absolute Gasteiger partial charge is 1.00 e. The summed E-state index contributed by atoms with van der Waals surface area (Å²) in [6, 6.07) is 7.21. The number of rotatable bonds is 22. The molecular weight excluding hydrogens is 965 g/mol. The number of ether oxygens (including phenoxy) is 1. The summed E-state index contributed by atoms with van der Waals surface area (Å²) < 4.78 is 7.39. The Morgan fingerprint density at radius 3 is 1.86 bits per heavy atom. The van der Waals surface area contributed by atoms with Gasteiger partial charge in [-0.25, -0.2) is 9.36 Å². The number of carbonyl (C=O) groups is 5. The number of aromatic nitrogens is 1. The highest BCUT2D eigenvalue weighted by molar-refractivity contribution is 6.66. The molecule has 0 saturated carbocycles. The number of nitrogens with one attached hydrogen (secondary N) is 2. The Morgan fingerprint density at radius 1 is 0.727 bits per heavy atom. The van der Waals surface area contributed by atoms with E-state index >= 15 is 0 Å². The summed E-state index contributed by atoms with van der Waals surface area (Å²) in [5, 5.41) is 6.32. The van der Waals surface area contributed by atoms with Crippen LogP contribution >= 0.6 is 58.0 Å². The van der Waals surface area contributed by atoms with Crippen molar-refractivity contribution < 1.29 is 45.7 Å². The highest BCUT2D eigenvalue weighted by atomic mass is 35.5. The number of Topliss-reactive ketones (excluding diaryl/α,β-unsaturated/α-hetero) is 1. The van der Waals surface area contributed by atoms with E-state index in [-0.39, 0.29) is 45.8 Å². The van der Waals surface area contributed by atoms with Gasteiger partial charge in [-0.15, -0.1) is 0 Å². The Labute approximate surface area is 419 Å². The van der Waals surface area contributed by atoms with Gasteiger partial charge in [-0.3, -0.25) is 19.2 Å². The second-order valence-corrected chi connectivity index (χ2v) is 16.0. The first-order chi connectivity index (χ1) is 31.2. The number of hydrogen-bond acceptors (Lipinski definition) is 7. The third kappa shape index (κ3) is 24.9. The van der Waals surface area contributed by atoms with E-state index in [9.17, 15) is 24.0 Å². The number of carbonyl (C=O) groups excluding carboxylic acids is 5. The minimum absolute atomic E-state index is 0. The molecule has 0 spiro atoms. The van der Waals surface area contributed by atoms with Crippen LogP contribution in [0.5, 0.6) is 5.75 Å². The molecule has 0 unspecified atom stereocenters. The van der Waals surface area contributed by atoms with E-state index in [1.165, 1.54) is 24.3 Å². The van der Waals surface area contributed by atoms with E-state index in [1.807, 2.05) is 61.2 Å². The van der Waals surface area contributed by atoms with Gasteiger partial charge in [0.05, 0.1) is 10.1 Å². The standard InChI is InChI=1S/C25H26Cl2N2O3.C22H24Cl2N2O2.C3H3ClO.ClH/c1-3-23(30)28-13-7-5-6-8-14-29-15-11-19(12-16-29)9-10-20-17-21(26)18-22(27)25(20)32-24(31)4-2;1-2-21(27)25-11-5-3-4-6-12-26-13-9-17(10-14-26)7-8-18-15-19(23)16-20(24)22(18)28;1-2-3(4)5;/h3-4,9-12,15-18H,1-2,5-8,13-14H2;2,7-10,13-16H,1,3-6,11-12H2,(H,25,27);2H,1H2;1H/b10-9+;;;. The van der Waals surface area contributed by atoms with E-state index in [2.05, 4.69) is 46.4 Å². The van der Waals surface area contributed by atoms with Gasteiger partial charge in [0.1, 0.15) is 6.54 Å². The maximum Gasteiger partial charge on any atom is 0.335 e. The van der Waals surface area contributed by atoms with Crippen LogP contribution in [0.15, 0.2) is 157 Å². The Balaban J connectivity index is 0.000000594. The van der Waals surface area contributed by atoms with Crippen LogP contribution in [0.1, 0.15) is 62.5 Å². The molecule has 10 nitrogen and oxygen atoms in total. The first-order valence-electron chi connectivity index (χ1n) is 20.7. The van der Waals surface area contributed by atoms with Gasteiger partial charge >= 0.3 is 5.97 Å². The number of ketones is 1. The van der Waals surface area contributed by atoms with Crippen LogP contribution in [0.3, 0.4) is 0 Å². The van der Waals surface area contributed by atoms with Gasteiger partial charge in [0, 0.05) is 77.9 Å². The second-order valence-electron chi connectivity index (χ2n) is 14.0. The van der Waals surface area contributed by atoms with Crippen LogP contribution in [-0.2, 0) is 30.5 Å².